The molecule has 0 bridgehead atoms. The van der Waals surface area contributed by atoms with Gasteiger partial charge in [0.1, 0.15) is 11.4 Å². The molecule has 27 heavy (non-hydrogen) atoms. The van der Waals surface area contributed by atoms with Crippen LogP contribution in [0.1, 0.15) is 37.7 Å². The van der Waals surface area contributed by atoms with Crippen LogP contribution >= 0.6 is 11.8 Å². The van der Waals surface area contributed by atoms with Gasteiger partial charge in [-0.05, 0) is 30.5 Å². The number of nitrogens with zero attached hydrogens (tertiary/aromatic N) is 3. The number of amides is 2. The van der Waals surface area contributed by atoms with Crippen LogP contribution in [0, 0.1) is 0 Å². The standard InChI is InChI=1S/C19H22N6OS/c26-19(23-14-6-2-1-3-7-14)24-15-8-4-5-13(9-15)11-27-18-16-10-22-25-17(16)20-12-21-18/h4-5,8-10,12,14H,1-3,6-7,11H2,(H2,23,24,26)(H,20,21,22,25). The summed E-state index contributed by atoms with van der Waals surface area (Å²) < 4.78 is 0. The maximum atomic E-state index is 12.2. The zero-order valence-corrected chi connectivity index (χ0v) is 15.8. The lowest BCUT2D eigenvalue weighted by Crippen LogP contribution is -2.39. The van der Waals surface area contributed by atoms with E-state index in [-0.39, 0.29) is 6.03 Å². The van der Waals surface area contributed by atoms with E-state index in [2.05, 4.69) is 30.8 Å². The molecule has 0 atom stereocenters. The number of H-pyrrole nitrogens is 1. The largest absolute Gasteiger partial charge is 0.335 e. The second-order valence-electron chi connectivity index (χ2n) is 6.73. The Kier molecular flexibility index (Phi) is 5.53. The number of anilines is 1. The molecule has 7 nitrogen and oxygen atoms in total. The Hall–Kier alpha value is -2.61. The molecule has 1 aliphatic rings. The number of carbonyl (C=O) groups excluding carboxylic acids is 1. The van der Waals surface area contributed by atoms with Crippen molar-refractivity contribution in [1.82, 2.24) is 25.5 Å². The molecule has 140 valence electrons. The van der Waals surface area contributed by atoms with Gasteiger partial charge < -0.3 is 10.6 Å². The number of hydrogen-bond donors (Lipinski definition) is 3. The van der Waals surface area contributed by atoms with Gasteiger partial charge in [0.15, 0.2) is 5.65 Å². The van der Waals surface area contributed by atoms with Crippen molar-refractivity contribution in [3.63, 3.8) is 0 Å². The maximum absolute atomic E-state index is 12.2. The van der Waals surface area contributed by atoms with Gasteiger partial charge in [-0.2, -0.15) is 5.10 Å². The lowest BCUT2D eigenvalue weighted by molar-refractivity contribution is 0.244. The topological polar surface area (TPSA) is 95.6 Å². The summed E-state index contributed by atoms with van der Waals surface area (Å²) in [6.07, 6.45) is 9.10. The first-order valence-electron chi connectivity index (χ1n) is 9.21. The Morgan fingerprint density at radius 2 is 2.11 bits per heavy atom. The van der Waals surface area contributed by atoms with Crippen LogP contribution in [0.25, 0.3) is 11.0 Å². The number of benzene rings is 1. The summed E-state index contributed by atoms with van der Waals surface area (Å²) in [6.45, 7) is 0. The summed E-state index contributed by atoms with van der Waals surface area (Å²) in [5, 5.41) is 14.7. The summed E-state index contributed by atoms with van der Waals surface area (Å²) in [5.41, 5.74) is 2.66. The van der Waals surface area contributed by atoms with Crippen molar-refractivity contribution in [2.45, 2.75) is 48.9 Å². The molecular formula is C19H22N6OS. The zero-order chi connectivity index (χ0) is 18.5. The summed E-state index contributed by atoms with van der Waals surface area (Å²) in [6, 6.07) is 8.09. The fraction of sp³-hybridized carbons (Fsp3) is 0.368. The normalized spacial score (nSPS) is 15.0. The number of aromatic nitrogens is 4. The third kappa shape index (κ3) is 4.57. The van der Waals surface area contributed by atoms with Crippen LogP contribution in [0.4, 0.5) is 10.5 Å². The highest BCUT2D eigenvalue weighted by Gasteiger charge is 2.15. The molecule has 2 amide bonds. The van der Waals surface area contributed by atoms with Crippen LogP contribution in [0.3, 0.4) is 0 Å². The third-order valence-electron chi connectivity index (χ3n) is 4.71. The second kappa shape index (κ2) is 8.39. The van der Waals surface area contributed by atoms with E-state index in [0.717, 1.165) is 45.9 Å². The number of thioether (sulfide) groups is 1. The van der Waals surface area contributed by atoms with Crippen molar-refractivity contribution in [1.29, 1.82) is 0 Å². The van der Waals surface area contributed by atoms with Crippen LogP contribution in [0.2, 0.25) is 0 Å². The van der Waals surface area contributed by atoms with Gasteiger partial charge in [-0.25, -0.2) is 14.8 Å². The minimum Gasteiger partial charge on any atom is -0.335 e. The molecule has 0 radical (unpaired) electrons. The molecule has 0 unspecified atom stereocenters. The molecule has 0 spiro atoms. The molecule has 0 saturated heterocycles. The molecule has 1 fully saturated rings. The number of urea groups is 1. The number of nitrogens with one attached hydrogen (secondary N) is 3. The van der Waals surface area contributed by atoms with E-state index in [1.165, 1.54) is 25.6 Å². The highest BCUT2D eigenvalue weighted by molar-refractivity contribution is 7.98. The SMILES string of the molecule is O=C(Nc1cccc(CSc2ncnc3[nH]ncc23)c1)NC1CCCCC1. The minimum absolute atomic E-state index is 0.123. The first-order chi connectivity index (χ1) is 13.3. The van der Waals surface area contributed by atoms with Crippen LogP contribution in [0.5, 0.6) is 0 Å². The van der Waals surface area contributed by atoms with Crippen LogP contribution in [0.15, 0.2) is 41.8 Å². The minimum atomic E-state index is -0.123. The lowest BCUT2D eigenvalue weighted by atomic mass is 9.96. The molecule has 2 aromatic heterocycles. The predicted molar refractivity (Wildman–Crippen MR) is 107 cm³/mol. The van der Waals surface area contributed by atoms with E-state index in [4.69, 9.17) is 0 Å². The zero-order valence-electron chi connectivity index (χ0n) is 14.9. The van der Waals surface area contributed by atoms with Gasteiger partial charge >= 0.3 is 6.03 Å². The first-order valence-corrected chi connectivity index (χ1v) is 10.2. The summed E-state index contributed by atoms with van der Waals surface area (Å²) in [7, 11) is 0. The quantitative estimate of drug-likeness (QED) is 0.456. The molecule has 3 N–H and O–H groups in total. The lowest BCUT2D eigenvalue weighted by Gasteiger charge is -2.22. The third-order valence-corrected chi connectivity index (χ3v) is 5.79. The van der Waals surface area contributed by atoms with Crippen LogP contribution < -0.4 is 10.6 Å². The first kappa shape index (κ1) is 17.8. The van der Waals surface area contributed by atoms with Gasteiger partial charge in [-0.1, -0.05) is 31.4 Å². The fourth-order valence-electron chi connectivity index (χ4n) is 3.35. The summed E-state index contributed by atoms with van der Waals surface area (Å²) in [4.78, 5) is 20.7. The Labute approximate surface area is 161 Å². The number of rotatable bonds is 5. The highest BCUT2D eigenvalue weighted by Crippen LogP contribution is 2.27. The van der Waals surface area contributed by atoms with Gasteiger partial charge in [0.2, 0.25) is 0 Å². The van der Waals surface area contributed by atoms with Crippen molar-refractivity contribution < 1.29 is 4.79 Å². The van der Waals surface area contributed by atoms with Crippen molar-refractivity contribution in [2.75, 3.05) is 5.32 Å². The van der Waals surface area contributed by atoms with E-state index in [1.807, 2.05) is 24.3 Å². The van der Waals surface area contributed by atoms with Crippen LogP contribution in [-0.4, -0.2) is 32.2 Å². The van der Waals surface area contributed by atoms with Gasteiger partial charge in [0, 0.05) is 17.5 Å². The number of aromatic amines is 1. The van der Waals surface area contributed by atoms with Crippen molar-refractivity contribution >= 4 is 34.5 Å². The molecule has 1 saturated carbocycles. The Morgan fingerprint density at radius 3 is 3.00 bits per heavy atom. The molecular weight excluding hydrogens is 360 g/mol. The van der Waals surface area contributed by atoms with Gasteiger partial charge in [0.25, 0.3) is 0 Å². The van der Waals surface area contributed by atoms with E-state index in [0.29, 0.717) is 6.04 Å². The molecule has 2 heterocycles. The van der Waals surface area contributed by atoms with Gasteiger partial charge in [-0.15, -0.1) is 11.8 Å². The molecule has 4 rings (SSSR count). The summed E-state index contributed by atoms with van der Waals surface area (Å²) >= 11 is 1.62. The Morgan fingerprint density at radius 1 is 1.22 bits per heavy atom. The van der Waals surface area contributed by atoms with E-state index in [9.17, 15) is 4.79 Å². The Balaban J connectivity index is 1.36. The second-order valence-corrected chi connectivity index (χ2v) is 7.70. The van der Waals surface area contributed by atoms with E-state index in [1.54, 1.807) is 18.0 Å². The average Bonchev–Trinajstić information content (AvgIpc) is 3.17. The molecule has 8 heteroatoms. The predicted octanol–water partition coefficient (Wildman–Crippen LogP) is 4.10. The van der Waals surface area contributed by atoms with E-state index >= 15 is 0 Å². The van der Waals surface area contributed by atoms with Crippen LogP contribution in [-0.2, 0) is 5.75 Å². The monoisotopic (exact) mass is 382 g/mol. The van der Waals surface area contributed by atoms with Crippen molar-refractivity contribution in [2.24, 2.45) is 0 Å². The smallest absolute Gasteiger partial charge is 0.319 e. The van der Waals surface area contributed by atoms with Crippen molar-refractivity contribution in [3.05, 3.63) is 42.4 Å². The Bertz CT molecular complexity index is 921. The summed E-state index contributed by atoms with van der Waals surface area (Å²) in [5.74, 6) is 0.747. The van der Waals surface area contributed by atoms with Gasteiger partial charge in [-0.3, -0.25) is 5.10 Å². The van der Waals surface area contributed by atoms with E-state index < -0.39 is 0 Å². The molecule has 3 aromatic rings. The molecule has 0 aliphatic heterocycles. The molecule has 1 aromatic carbocycles. The maximum Gasteiger partial charge on any atom is 0.319 e. The number of fused-ring (bicyclic) bond motifs is 1. The highest BCUT2D eigenvalue weighted by atomic mass is 32.2. The van der Waals surface area contributed by atoms with Crippen molar-refractivity contribution in [3.8, 4) is 0 Å². The molecule has 1 aliphatic carbocycles. The fourth-order valence-corrected chi connectivity index (χ4v) is 4.26. The number of carbonyl (C=O) groups is 1. The number of hydrogen-bond acceptors (Lipinski definition) is 5. The average molecular weight is 382 g/mol. The van der Waals surface area contributed by atoms with Gasteiger partial charge in [0.05, 0.1) is 11.6 Å².